The van der Waals surface area contributed by atoms with Crippen LogP contribution in [0.1, 0.15) is 36.2 Å². The van der Waals surface area contributed by atoms with Gasteiger partial charge in [-0.05, 0) is 24.5 Å². The molecule has 2 heterocycles. The minimum Gasteiger partial charge on any atom is -0.364 e. The Morgan fingerprint density at radius 3 is 2.90 bits per heavy atom. The quantitative estimate of drug-likeness (QED) is 0.937. The van der Waals surface area contributed by atoms with Crippen molar-refractivity contribution in [2.75, 3.05) is 6.54 Å². The number of hydrogen-bond donors (Lipinski definition) is 1. The fourth-order valence-electron chi connectivity index (χ4n) is 2.34. The van der Waals surface area contributed by atoms with Crippen LogP contribution in [0.3, 0.4) is 0 Å². The smallest absolute Gasteiger partial charge is 0.255 e. The Bertz CT molecular complexity index is 587. The molecule has 20 heavy (non-hydrogen) atoms. The molecule has 2 atom stereocenters. The lowest BCUT2D eigenvalue weighted by Gasteiger charge is -2.07. The maximum Gasteiger partial charge on any atom is 0.255 e. The van der Waals surface area contributed by atoms with E-state index < -0.39 is 0 Å². The first kappa shape index (κ1) is 13.5. The van der Waals surface area contributed by atoms with Crippen molar-refractivity contribution in [1.82, 2.24) is 10.1 Å². The van der Waals surface area contributed by atoms with Crippen LogP contribution in [0.4, 0.5) is 0 Å². The van der Waals surface area contributed by atoms with E-state index in [0.717, 1.165) is 18.4 Å². The summed E-state index contributed by atoms with van der Waals surface area (Å²) in [6.07, 6.45) is 2.32. The van der Waals surface area contributed by atoms with Crippen LogP contribution in [0.15, 0.2) is 28.8 Å². The number of nitrogens with zero attached hydrogens (tertiary/aromatic N) is 2. The van der Waals surface area contributed by atoms with Gasteiger partial charge in [-0.3, -0.25) is 0 Å². The normalized spacial score (nSPS) is 22.3. The monoisotopic (exact) mass is 293 g/mol. The summed E-state index contributed by atoms with van der Waals surface area (Å²) in [5.74, 6) is 1.15. The van der Waals surface area contributed by atoms with Crippen LogP contribution in [0.5, 0.6) is 0 Å². The molecule has 2 N–H and O–H groups in total. The van der Waals surface area contributed by atoms with E-state index in [4.69, 9.17) is 26.6 Å². The number of halogens is 1. The number of ether oxygens (including phenoxy) is 1. The molecule has 106 valence electrons. The average molecular weight is 294 g/mol. The van der Waals surface area contributed by atoms with Gasteiger partial charge in [-0.2, -0.15) is 4.98 Å². The zero-order chi connectivity index (χ0) is 13.9. The van der Waals surface area contributed by atoms with Crippen molar-refractivity contribution in [3.8, 4) is 0 Å². The molecule has 1 aromatic heterocycles. The molecule has 5 nitrogen and oxygen atoms in total. The highest BCUT2D eigenvalue weighted by Gasteiger charge is 2.29. The minimum atomic E-state index is -0.129. The first-order valence-electron chi connectivity index (χ1n) is 6.67. The third-order valence-corrected chi connectivity index (χ3v) is 3.80. The Balaban J connectivity index is 1.70. The van der Waals surface area contributed by atoms with Crippen LogP contribution >= 0.6 is 11.6 Å². The highest BCUT2D eigenvalue weighted by atomic mass is 35.5. The molecule has 0 bridgehead atoms. The van der Waals surface area contributed by atoms with Gasteiger partial charge in [-0.1, -0.05) is 35.0 Å². The molecule has 0 radical (unpaired) electrons. The topological polar surface area (TPSA) is 74.2 Å². The van der Waals surface area contributed by atoms with Crippen molar-refractivity contribution in [3.05, 3.63) is 46.6 Å². The summed E-state index contributed by atoms with van der Waals surface area (Å²) in [5, 5.41) is 4.70. The molecule has 1 aliphatic heterocycles. The van der Waals surface area contributed by atoms with Gasteiger partial charge in [0.2, 0.25) is 0 Å². The van der Waals surface area contributed by atoms with E-state index in [1.807, 2.05) is 24.3 Å². The van der Waals surface area contributed by atoms with Crippen molar-refractivity contribution in [2.45, 2.75) is 31.5 Å². The van der Waals surface area contributed by atoms with E-state index in [1.54, 1.807) is 0 Å². The van der Waals surface area contributed by atoms with E-state index >= 15 is 0 Å². The molecule has 0 saturated carbocycles. The van der Waals surface area contributed by atoms with Gasteiger partial charge < -0.3 is 15.0 Å². The third kappa shape index (κ3) is 2.85. The van der Waals surface area contributed by atoms with Crippen molar-refractivity contribution in [2.24, 2.45) is 5.73 Å². The number of aromatic nitrogens is 2. The zero-order valence-electron chi connectivity index (χ0n) is 11.0. The molecule has 0 aliphatic carbocycles. The maximum absolute atomic E-state index is 6.12. The van der Waals surface area contributed by atoms with Crippen molar-refractivity contribution < 1.29 is 9.26 Å². The summed E-state index contributed by atoms with van der Waals surface area (Å²) in [6.45, 7) is 0.525. The lowest BCUT2D eigenvalue weighted by molar-refractivity contribution is 0.0307. The Morgan fingerprint density at radius 2 is 2.15 bits per heavy atom. The maximum atomic E-state index is 6.12. The minimum absolute atomic E-state index is 0.0962. The summed E-state index contributed by atoms with van der Waals surface area (Å²) in [5.41, 5.74) is 6.57. The molecule has 1 fully saturated rings. The summed E-state index contributed by atoms with van der Waals surface area (Å²) in [4.78, 5) is 4.40. The lowest BCUT2D eigenvalue weighted by Crippen LogP contribution is -2.18. The summed E-state index contributed by atoms with van der Waals surface area (Å²) >= 11 is 6.12. The van der Waals surface area contributed by atoms with Crippen molar-refractivity contribution in [1.29, 1.82) is 0 Å². The lowest BCUT2D eigenvalue weighted by atomic mass is 10.1. The van der Waals surface area contributed by atoms with E-state index in [2.05, 4.69) is 10.1 Å². The fraction of sp³-hybridized carbons (Fsp3) is 0.429. The summed E-state index contributed by atoms with van der Waals surface area (Å²) in [6, 6.07) is 7.64. The molecule has 0 amide bonds. The Kier molecular flexibility index (Phi) is 4.00. The Morgan fingerprint density at radius 1 is 1.30 bits per heavy atom. The first-order chi connectivity index (χ1) is 9.76. The number of rotatable bonds is 4. The number of nitrogens with two attached hydrogens (primary N) is 1. The van der Waals surface area contributed by atoms with Crippen molar-refractivity contribution in [3.63, 3.8) is 0 Å². The Labute approximate surface area is 122 Å². The van der Waals surface area contributed by atoms with E-state index in [1.165, 1.54) is 0 Å². The molecular formula is C14H16ClN3O2. The van der Waals surface area contributed by atoms with Gasteiger partial charge in [-0.15, -0.1) is 0 Å². The van der Waals surface area contributed by atoms with Gasteiger partial charge in [0.15, 0.2) is 5.82 Å². The largest absolute Gasteiger partial charge is 0.364 e. The SMILES string of the molecule is NC[C@@H]1CC[C@@H](c2nc(Cc3ccccc3Cl)no2)O1. The average Bonchev–Trinajstić information content (AvgIpc) is 3.10. The predicted octanol–water partition coefficient (Wildman–Crippen LogP) is 2.49. The van der Waals surface area contributed by atoms with Gasteiger partial charge in [0.05, 0.1) is 6.10 Å². The number of benzene rings is 1. The summed E-state index contributed by atoms with van der Waals surface area (Å²) < 4.78 is 11.0. The van der Waals surface area contributed by atoms with Gasteiger partial charge >= 0.3 is 0 Å². The van der Waals surface area contributed by atoms with Gasteiger partial charge in [-0.25, -0.2) is 0 Å². The zero-order valence-corrected chi connectivity index (χ0v) is 11.7. The Hall–Kier alpha value is -1.43. The van der Waals surface area contributed by atoms with Crippen LogP contribution in [0.2, 0.25) is 5.02 Å². The second-order valence-electron chi connectivity index (χ2n) is 4.88. The molecular weight excluding hydrogens is 278 g/mol. The van der Waals surface area contributed by atoms with Crippen molar-refractivity contribution >= 4 is 11.6 Å². The highest BCUT2D eigenvalue weighted by Crippen LogP contribution is 2.31. The predicted molar refractivity (Wildman–Crippen MR) is 74.5 cm³/mol. The molecule has 3 rings (SSSR count). The highest BCUT2D eigenvalue weighted by molar-refractivity contribution is 6.31. The molecule has 0 spiro atoms. The fourth-order valence-corrected chi connectivity index (χ4v) is 2.55. The van der Waals surface area contributed by atoms with Gasteiger partial charge in [0.25, 0.3) is 5.89 Å². The first-order valence-corrected chi connectivity index (χ1v) is 7.05. The van der Waals surface area contributed by atoms with Gasteiger partial charge in [0, 0.05) is 18.0 Å². The van der Waals surface area contributed by atoms with E-state index in [9.17, 15) is 0 Å². The standard InChI is InChI=1S/C14H16ClN3O2/c15-11-4-2-1-3-9(11)7-13-17-14(20-18-13)12-6-5-10(8-16)19-12/h1-4,10,12H,5-8,16H2/t10-,12-/m0/s1. The number of hydrogen-bond acceptors (Lipinski definition) is 5. The molecule has 1 saturated heterocycles. The molecule has 1 aromatic carbocycles. The molecule has 0 unspecified atom stereocenters. The third-order valence-electron chi connectivity index (χ3n) is 3.44. The molecule has 2 aromatic rings. The second kappa shape index (κ2) is 5.91. The van der Waals surface area contributed by atoms with Crippen LogP contribution in [0.25, 0.3) is 0 Å². The second-order valence-corrected chi connectivity index (χ2v) is 5.28. The molecule has 1 aliphatic rings. The van der Waals surface area contributed by atoms with Gasteiger partial charge in [0.1, 0.15) is 6.10 Å². The summed E-state index contributed by atoms with van der Waals surface area (Å²) in [7, 11) is 0. The van der Waals surface area contributed by atoms with Crippen LogP contribution in [-0.4, -0.2) is 22.8 Å². The van der Waals surface area contributed by atoms with Crippen LogP contribution < -0.4 is 5.73 Å². The van der Waals surface area contributed by atoms with E-state index in [-0.39, 0.29) is 12.2 Å². The van der Waals surface area contributed by atoms with Crippen LogP contribution in [0, 0.1) is 0 Å². The molecule has 6 heteroatoms. The van der Waals surface area contributed by atoms with E-state index in [0.29, 0.717) is 29.7 Å². The van der Waals surface area contributed by atoms with Crippen LogP contribution in [-0.2, 0) is 11.2 Å².